The first-order valence-corrected chi connectivity index (χ1v) is 10.6. The molecule has 0 unspecified atom stereocenters. The highest BCUT2D eigenvalue weighted by atomic mass is 35.5. The molecule has 1 heterocycles. The zero-order chi connectivity index (χ0) is 21.8. The molecule has 6 nitrogen and oxygen atoms in total. The predicted octanol–water partition coefficient (Wildman–Crippen LogP) is 7.01. The van der Waals surface area contributed by atoms with Gasteiger partial charge in [0.05, 0.1) is 32.0 Å². The van der Waals surface area contributed by atoms with Crippen LogP contribution >= 0.6 is 35.0 Å². The summed E-state index contributed by atoms with van der Waals surface area (Å²) >= 11 is 13.3. The Morgan fingerprint density at radius 1 is 0.935 bits per heavy atom. The fourth-order valence-electron chi connectivity index (χ4n) is 2.64. The summed E-state index contributed by atoms with van der Waals surface area (Å²) in [6, 6.07) is 19.2. The summed E-state index contributed by atoms with van der Waals surface area (Å²) in [7, 11) is 0. The van der Waals surface area contributed by atoms with Gasteiger partial charge in [-0.05, 0) is 60.3 Å². The van der Waals surface area contributed by atoms with Crippen LogP contribution in [-0.4, -0.2) is 16.2 Å². The number of phenolic OH excluding ortho intramolecular Hbond substituents is 1. The molecule has 3 aromatic rings. The second-order valence-electron chi connectivity index (χ2n) is 6.33. The molecule has 0 saturated carbocycles. The van der Waals surface area contributed by atoms with Gasteiger partial charge in [-0.15, -0.1) is 0 Å². The number of hydrogen-bond donors (Lipinski definition) is 2. The van der Waals surface area contributed by atoms with Crippen LogP contribution in [0.1, 0.15) is 5.56 Å². The number of carbonyl (C=O) groups is 1. The topological polar surface area (TPSA) is 86.4 Å². The molecule has 1 aliphatic rings. The lowest BCUT2D eigenvalue weighted by Crippen LogP contribution is -2.19. The average molecular weight is 469 g/mol. The van der Waals surface area contributed by atoms with Crippen molar-refractivity contribution in [3.8, 4) is 5.75 Å². The number of amidine groups is 1. The summed E-state index contributed by atoms with van der Waals surface area (Å²) in [6.45, 7) is 0. The van der Waals surface area contributed by atoms with Crippen molar-refractivity contribution < 1.29 is 9.90 Å². The molecule has 1 aliphatic heterocycles. The van der Waals surface area contributed by atoms with E-state index in [2.05, 4.69) is 20.5 Å². The number of carbonyl (C=O) groups excluding carboxylic acids is 1. The van der Waals surface area contributed by atoms with Crippen molar-refractivity contribution in [3.05, 3.63) is 87.2 Å². The number of hydrogen-bond acceptors (Lipinski definition) is 6. The van der Waals surface area contributed by atoms with E-state index in [1.165, 1.54) is 6.07 Å². The highest BCUT2D eigenvalue weighted by molar-refractivity contribution is 8.18. The largest absolute Gasteiger partial charge is 0.507 e. The zero-order valence-electron chi connectivity index (χ0n) is 15.8. The third kappa shape index (κ3) is 5.14. The average Bonchev–Trinajstić information content (AvgIpc) is 3.11. The summed E-state index contributed by atoms with van der Waals surface area (Å²) in [4.78, 5) is 17.1. The van der Waals surface area contributed by atoms with E-state index in [0.717, 1.165) is 11.8 Å². The van der Waals surface area contributed by atoms with Crippen molar-refractivity contribution >= 4 is 69.2 Å². The molecule has 1 saturated heterocycles. The van der Waals surface area contributed by atoms with E-state index in [9.17, 15) is 9.90 Å². The Morgan fingerprint density at radius 3 is 2.52 bits per heavy atom. The van der Waals surface area contributed by atoms with Crippen LogP contribution in [0.15, 0.2) is 86.9 Å². The molecule has 0 bridgehead atoms. The van der Waals surface area contributed by atoms with E-state index in [1.54, 1.807) is 36.4 Å². The second-order valence-corrected chi connectivity index (χ2v) is 8.15. The lowest BCUT2D eigenvalue weighted by Gasteiger charge is -2.01. The minimum atomic E-state index is -0.336. The summed E-state index contributed by atoms with van der Waals surface area (Å²) in [5.74, 6) is -0.319. The SMILES string of the molecule is O=C1NC(=Nc2cccc(Cl)c2Cl)S/C1=C\c1cc(N=Nc2ccccc2)ccc1O. The molecule has 1 fully saturated rings. The first-order chi connectivity index (χ1) is 15.0. The maximum Gasteiger partial charge on any atom is 0.264 e. The van der Waals surface area contributed by atoms with Crippen LogP contribution in [0.4, 0.5) is 17.1 Å². The number of azo groups is 1. The summed E-state index contributed by atoms with van der Waals surface area (Å²) in [5.41, 5.74) is 2.13. The van der Waals surface area contributed by atoms with E-state index < -0.39 is 0 Å². The normalized spacial score (nSPS) is 16.4. The molecule has 3 aromatic carbocycles. The Bertz CT molecular complexity index is 1240. The summed E-state index contributed by atoms with van der Waals surface area (Å²) in [5, 5.41) is 22.3. The molecular weight excluding hydrogens is 455 g/mol. The Balaban J connectivity index is 1.58. The molecule has 9 heteroatoms. The number of aliphatic imine (C=N–C) groups is 1. The highest BCUT2D eigenvalue weighted by Gasteiger charge is 2.24. The molecule has 0 radical (unpaired) electrons. The van der Waals surface area contributed by atoms with Crippen molar-refractivity contribution in [1.29, 1.82) is 0 Å². The van der Waals surface area contributed by atoms with Gasteiger partial charge in [0.15, 0.2) is 5.17 Å². The van der Waals surface area contributed by atoms with Gasteiger partial charge < -0.3 is 10.4 Å². The third-order valence-corrected chi connectivity index (χ3v) is 5.86. The number of benzene rings is 3. The van der Waals surface area contributed by atoms with Crippen molar-refractivity contribution in [2.75, 3.05) is 0 Å². The van der Waals surface area contributed by atoms with Crippen molar-refractivity contribution in [2.24, 2.45) is 15.2 Å². The first kappa shape index (κ1) is 21.1. The number of amides is 1. The maximum atomic E-state index is 12.4. The number of phenols is 1. The number of nitrogens with zero attached hydrogens (tertiary/aromatic N) is 3. The lowest BCUT2D eigenvalue weighted by molar-refractivity contribution is -0.115. The van der Waals surface area contributed by atoms with Gasteiger partial charge in [-0.2, -0.15) is 10.2 Å². The maximum absolute atomic E-state index is 12.4. The fourth-order valence-corrected chi connectivity index (χ4v) is 3.80. The Morgan fingerprint density at radius 2 is 1.71 bits per heavy atom. The second kappa shape index (κ2) is 9.34. The molecule has 2 N–H and O–H groups in total. The van der Waals surface area contributed by atoms with Crippen molar-refractivity contribution in [1.82, 2.24) is 5.32 Å². The van der Waals surface area contributed by atoms with Gasteiger partial charge in [-0.25, -0.2) is 4.99 Å². The Labute approximate surface area is 192 Å². The van der Waals surface area contributed by atoms with Gasteiger partial charge >= 0.3 is 0 Å². The summed E-state index contributed by atoms with van der Waals surface area (Å²) < 4.78 is 0. The highest BCUT2D eigenvalue weighted by Crippen LogP contribution is 2.35. The van der Waals surface area contributed by atoms with E-state index in [0.29, 0.717) is 42.7 Å². The van der Waals surface area contributed by atoms with Gasteiger partial charge in [0.2, 0.25) is 0 Å². The molecule has 31 heavy (non-hydrogen) atoms. The molecule has 4 rings (SSSR count). The van der Waals surface area contributed by atoms with Crippen molar-refractivity contribution in [3.63, 3.8) is 0 Å². The molecule has 0 aliphatic carbocycles. The van der Waals surface area contributed by atoms with Crippen LogP contribution in [0.2, 0.25) is 10.0 Å². The minimum Gasteiger partial charge on any atom is -0.507 e. The van der Waals surface area contributed by atoms with Crippen LogP contribution in [0.25, 0.3) is 6.08 Å². The van der Waals surface area contributed by atoms with E-state index >= 15 is 0 Å². The van der Waals surface area contributed by atoms with E-state index in [1.807, 2.05) is 30.3 Å². The molecular formula is C22H14Cl2N4O2S. The van der Waals surface area contributed by atoms with Crippen LogP contribution in [-0.2, 0) is 4.79 Å². The quantitative estimate of drug-likeness (QED) is 0.318. The smallest absolute Gasteiger partial charge is 0.264 e. The molecule has 0 aromatic heterocycles. The van der Waals surface area contributed by atoms with Gasteiger partial charge in [-0.1, -0.05) is 47.5 Å². The first-order valence-electron chi connectivity index (χ1n) is 9.03. The monoisotopic (exact) mass is 468 g/mol. The Hall–Kier alpha value is -3.13. The molecule has 154 valence electrons. The predicted molar refractivity (Wildman–Crippen MR) is 126 cm³/mol. The van der Waals surface area contributed by atoms with Gasteiger partial charge in [0, 0.05) is 5.56 Å². The van der Waals surface area contributed by atoms with Crippen molar-refractivity contribution in [2.45, 2.75) is 0 Å². The number of nitrogens with one attached hydrogen (secondary N) is 1. The Kier molecular flexibility index (Phi) is 6.36. The number of thioether (sulfide) groups is 1. The fraction of sp³-hybridized carbons (Fsp3) is 0. The molecule has 1 amide bonds. The third-order valence-electron chi connectivity index (χ3n) is 4.14. The number of rotatable bonds is 4. The molecule has 0 spiro atoms. The van der Waals surface area contributed by atoms with Crippen LogP contribution in [0.5, 0.6) is 5.75 Å². The van der Waals surface area contributed by atoms with E-state index in [-0.39, 0.29) is 11.7 Å². The standard InChI is InChI=1S/C22H14Cl2N4O2S/c23-16-7-4-8-17(20(16)24)25-22-26-21(30)19(31-22)12-13-11-15(9-10-18(13)29)28-27-14-5-2-1-3-6-14/h1-12,29H,(H,25,26,30)/b19-12-,28-27?. The number of halogens is 2. The van der Waals surface area contributed by atoms with Crippen LogP contribution in [0.3, 0.4) is 0 Å². The van der Waals surface area contributed by atoms with E-state index in [4.69, 9.17) is 23.2 Å². The minimum absolute atomic E-state index is 0.0165. The number of aromatic hydroxyl groups is 1. The summed E-state index contributed by atoms with van der Waals surface area (Å²) in [6.07, 6.45) is 1.57. The van der Waals surface area contributed by atoms with Gasteiger partial charge in [-0.3, -0.25) is 4.79 Å². The van der Waals surface area contributed by atoms with Gasteiger partial charge in [0.1, 0.15) is 5.75 Å². The van der Waals surface area contributed by atoms with Gasteiger partial charge in [0.25, 0.3) is 5.91 Å². The lowest BCUT2D eigenvalue weighted by atomic mass is 10.1. The van der Waals surface area contributed by atoms with Crippen LogP contribution < -0.4 is 5.32 Å². The van der Waals surface area contributed by atoms with Crippen LogP contribution in [0, 0.1) is 0 Å². The zero-order valence-corrected chi connectivity index (χ0v) is 18.1. The molecule has 0 atom stereocenters.